The minimum atomic E-state index is -0.306. The fourth-order valence-corrected chi connectivity index (χ4v) is 3.12. The van der Waals surface area contributed by atoms with Crippen molar-refractivity contribution in [3.05, 3.63) is 23.2 Å². The van der Waals surface area contributed by atoms with E-state index < -0.39 is 0 Å². The summed E-state index contributed by atoms with van der Waals surface area (Å²) in [6.07, 6.45) is 2.71. The molecule has 22 heavy (non-hydrogen) atoms. The largest absolute Gasteiger partial charge is 0.350 e. The molecule has 2 N–H and O–H groups in total. The third-order valence-corrected chi connectivity index (χ3v) is 4.42. The van der Waals surface area contributed by atoms with Gasteiger partial charge in [0.25, 0.3) is 5.91 Å². The zero-order valence-corrected chi connectivity index (χ0v) is 14.6. The Morgan fingerprint density at radius 2 is 2.27 bits per heavy atom. The van der Waals surface area contributed by atoms with Gasteiger partial charge in [-0.15, -0.1) is 0 Å². The zero-order chi connectivity index (χ0) is 16.3. The predicted octanol–water partition coefficient (Wildman–Crippen LogP) is 2.64. The number of carbonyl (C=O) groups is 2. The van der Waals surface area contributed by atoms with E-state index in [1.54, 1.807) is 30.0 Å². The van der Waals surface area contributed by atoms with Crippen molar-refractivity contribution in [1.82, 2.24) is 5.32 Å². The molecule has 1 heterocycles. The average Bonchev–Trinajstić information content (AvgIpc) is 2.73. The molecule has 1 fully saturated rings. The van der Waals surface area contributed by atoms with Crippen molar-refractivity contribution in [1.29, 1.82) is 0 Å². The van der Waals surface area contributed by atoms with Gasteiger partial charge >= 0.3 is 0 Å². The number of thiocarbonyl (C=S) groups is 1. The van der Waals surface area contributed by atoms with E-state index >= 15 is 0 Å². The Bertz CT molecular complexity index is 624. The first kappa shape index (κ1) is 17.1. The van der Waals surface area contributed by atoms with Gasteiger partial charge in [0.1, 0.15) is 6.04 Å². The molecule has 0 aliphatic carbocycles. The Balaban J connectivity index is 2.25. The molecule has 118 valence electrons. The molecule has 0 radical (unpaired) electrons. The molecule has 8 heteroatoms. The molecule has 2 amide bonds. The summed E-state index contributed by atoms with van der Waals surface area (Å²) in [7, 11) is 0. The van der Waals surface area contributed by atoms with Crippen molar-refractivity contribution in [2.45, 2.75) is 19.4 Å². The summed E-state index contributed by atoms with van der Waals surface area (Å²) < 4.78 is 0. The second-order valence-corrected chi connectivity index (χ2v) is 6.58. The normalized spacial score (nSPS) is 17.6. The van der Waals surface area contributed by atoms with E-state index in [9.17, 15) is 9.59 Å². The summed E-state index contributed by atoms with van der Waals surface area (Å²) in [5, 5.41) is 6.45. The Morgan fingerprint density at radius 1 is 1.55 bits per heavy atom. The number of rotatable bonds is 5. The molecule has 5 nitrogen and oxygen atoms in total. The minimum Gasteiger partial charge on any atom is -0.350 e. The molecule has 1 aliphatic heterocycles. The van der Waals surface area contributed by atoms with Gasteiger partial charge in [-0.2, -0.15) is 11.8 Å². The summed E-state index contributed by atoms with van der Waals surface area (Å²) >= 11 is 13.0. The van der Waals surface area contributed by atoms with Gasteiger partial charge in [0, 0.05) is 6.92 Å². The number of nitrogens with zero attached hydrogens (tertiary/aromatic N) is 1. The van der Waals surface area contributed by atoms with Crippen LogP contribution in [0.4, 0.5) is 11.4 Å². The Labute approximate surface area is 143 Å². The van der Waals surface area contributed by atoms with Crippen LogP contribution in [0.3, 0.4) is 0 Å². The van der Waals surface area contributed by atoms with E-state index in [4.69, 9.17) is 23.8 Å². The van der Waals surface area contributed by atoms with Crippen LogP contribution >= 0.6 is 35.6 Å². The van der Waals surface area contributed by atoms with Crippen molar-refractivity contribution in [2.75, 3.05) is 22.2 Å². The van der Waals surface area contributed by atoms with Crippen LogP contribution in [0.2, 0.25) is 5.02 Å². The van der Waals surface area contributed by atoms with E-state index in [-0.39, 0.29) is 17.9 Å². The van der Waals surface area contributed by atoms with Gasteiger partial charge in [0.2, 0.25) is 5.91 Å². The first-order chi connectivity index (χ1) is 10.4. The van der Waals surface area contributed by atoms with Gasteiger partial charge in [-0.3, -0.25) is 14.5 Å². The monoisotopic (exact) mass is 357 g/mol. The number of hydrogen-bond donors (Lipinski definition) is 2. The maximum Gasteiger partial charge on any atom is 0.255 e. The van der Waals surface area contributed by atoms with Crippen LogP contribution in [0.1, 0.15) is 13.3 Å². The van der Waals surface area contributed by atoms with Crippen molar-refractivity contribution < 1.29 is 9.59 Å². The molecule has 1 aromatic carbocycles. The summed E-state index contributed by atoms with van der Waals surface area (Å²) in [4.78, 5) is 25.1. The Morgan fingerprint density at radius 3 is 2.91 bits per heavy atom. The molecule has 0 bridgehead atoms. The van der Waals surface area contributed by atoms with Crippen molar-refractivity contribution in [2.24, 2.45) is 0 Å². The highest BCUT2D eigenvalue weighted by Gasteiger charge is 2.36. The fraction of sp³-hybridized carbons (Fsp3) is 0.357. The van der Waals surface area contributed by atoms with Gasteiger partial charge < -0.3 is 10.6 Å². The third-order valence-electron chi connectivity index (χ3n) is 3.15. The number of carbonyl (C=O) groups excluding carboxylic acids is 2. The lowest BCUT2D eigenvalue weighted by molar-refractivity contribution is -0.118. The minimum absolute atomic E-state index is 0.0878. The maximum atomic E-state index is 12.5. The molecule has 1 unspecified atom stereocenters. The van der Waals surface area contributed by atoms with Crippen molar-refractivity contribution >= 4 is 63.9 Å². The van der Waals surface area contributed by atoms with E-state index in [2.05, 4.69) is 10.6 Å². The van der Waals surface area contributed by atoms with Gasteiger partial charge in [0.05, 0.1) is 16.4 Å². The number of benzene rings is 1. The number of hydrogen-bond acceptors (Lipinski definition) is 4. The topological polar surface area (TPSA) is 61.4 Å². The molecule has 1 atom stereocenters. The highest BCUT2D eigenvalue weighted by Crippen LogP contribution is 2.29. The van der Waals surface area contributed by atoms with Crippen LogP contribution in [0.5, 0.6) is 0 Å². The first-order valence-electron chi connectivity index (χ1n) is 6.64. The molecule has 1 aliphatic rings. The second kappa shape index (κ2) is 7.30. The number of amides is 2. The summed E-state index contributed by atoms with van der Waals surface area (Å²) in [5.41, 5.74) is 1.04. The molecule has 0 saturated carbocycles. The molecular weight excluding hydrogens is 342 g/mol. The summed E-state index contributed by atoms with van der Waals surface area (Å²) in [6.45, 7) is 1.40. The lowest BCUT2D eigenvalue weighted by Crippen LogP contribution is -2.31. The molecule has 2 rings (SSSR count). The quantitative estimate of drug-likeness (QED) is 0.793. The van der Waals surface area contributed by atoms with Gasteiger partial charge in [-0.1, -0.05) is 11.6 Å². The zero-order valence-electron chi connectivity index (χ0n) is 12.2. The standard InChI is InChI=1S/C14H16ClN3O2S2/c1-8(19)16-12-7-9(3-4-10(12)15)18-13(20)11(5-6-22-2)17-14(18)21/h3-4,7,11H,5-6H2,1-2H3,(H,16,19)(H,17,21). The molecular formula is C14H16ClN3O2S2. The van der Waals surface area contributed by atoms with Crippen molar-refractivity contribution in [3.8, 4) is 0 Å². The van der Waals surface area contributed by atoms with Crippen LogP contribution < -0.4 is 15.5 Å². The fourth-order valence-electron chi connectivity index (χ4n) is 2.14. The van der Waals surface area contributed by atoms with E-state index in [0.29, 0.717) is 27.9 Å². The van der Waals surface area contributed by atoms with Crippen LogP contribution in [0, 0.1) is 0 Å². The average molecular weight is 358 g/mol. The van der Waals surface area contributed by atoms with E-state index in [1.165, 1.54) is 11.8 Å². The lowest BCUT2D eigenvalue weighted by Gasteiger charge is -2.17. The molecule has 0 spiro atoms. The third kappa shape index (κ3) is 3.71. The van der Waals surface area contributed by atoms with Crippen LogP contribution in [-0.2, 0) is 9.59 Å². The van der Waals surface area contributed by atoms with Crippen molar-refractivity contribution in [3.63, 3.8) is 0 Å². The van der Waals surface area contributed by atoms with Gasteiger partial charge in [-0.25, -0.2) is 0 Å². The van der Waals surface area contributed by atoms with Gasteiger partial charge in [-0.05, 0) is 48.8 Å². The van der Waals surface area contributed by atoms with Gasteiger partial charge in [0.15, 0.2) is 5.11 Å². The number of halogens is 1. The molecule has 0 aromatic heterocycles. The van der Waals surface area contributed by atoms with E-state index in [0.717, 1.165) is 5.75 Å². The molecule has 1 saturated heterocycles. The Hall–Kier alpha value is -1.31. The number of anilines is 2. The second-order valence-electron chi connectivity index (χ2n) is 4.80. The number of nitrogens with one attached hydrogen (secondary N) is 2. The van der Waals surface area contributed by atoms with E-state index in [1.807, 2.05) is 6.26 Å². The predicted molar refractivity (Wildman–Crippen MR) is 95.8 cm³/mol. The SMILES string of the molecule is CSCCC1NC(=S)N(c2ccc(Cl)c(NC(C)=O)c2)C1=O. The highest BCUT2D eigenvalue weighted by atomic mass is 35.5. The first-order valence-corrected chi connectivity index (χ1v) is 8.82. The smallest absolute Gasteiger partial charge is 0.255 e. The lowest BCUT2D eigenvalue weighted by atomic mass is 10.2. The highest BCUT2D eigenvalue weighted by molar-refractivity contribution is 7.98. The Kier molecular flexibility index (Phi) is 5.66. The van der Waals surface area contributed by atoms with Crippen LogP contribution in [-0.4, -0.2) is 35.0 Å². The number of thioether (sulfide) groups is 1. The molecule has 1 aromatic rings. The van der Waals surface area contributed by atoms with Crippen LogP contribution in [0.25, 0.3) is 0 Å². The maximum absolute atomic E-state index is 12.5. The summed E-state index contributed by atoms with van der Waals surface area (Å²) in [5.74, 6) is 0.554. The summed E-state index contributed by atoms with van der Waals surface area (Å²) in [6, 6.07) is 4.68. The van der Waals surface area contributed by atoms with Crippen LogP contribution in [0.15, 0.2) is 18.2 Å².